The van der Waals surface area contributed by atoms with Gasteiger partial charge in [0.05, 0.1) is 18.2 Å². The van der Waals surface area contributed by atoms with Crippen molar-refractivity contribution < 1.29 is 8.78 Å². The van der Waals surface area contributed by atoms with Crippen molar-refractivity contribution in [2.45, 2.75) is 57.7 Å². The highest BCUT2D eigenvalue weighted by Gasteiger charge is 2.39. The third kappa shape index (κ3) is 3.66. The van der Waals surface area contributed by atoms with Gasteiger partial charge in [0.25, 0.3) is 0 Å². The summed E-state index contributed by atoms with van der Waals surface area (Å²) in [5.74, 6) is -1.15. The lowest BCUT2D eigenvalue weighted by Gasteiger charge is -2.46. The van der Waals surface area contributed by atoms with Crippen molar-refractivity contribution in [3.63, 3.8) is 0 Å². The van der Waals surface area contributed by atoms with Crippen molar-refractivity contribution in [1.82, 2.24) is 35.3 Å². The molecular formula is C23H25F2N7. The molecule has 1 aromatic carbocycles. The monoisotopic (exact) mass is 437 g/mol. The van der Waals surface area contributed by atoms with Crippen LogP contribution in [0.2, 0.25) is 0 Å². The van der Waals surface area contributed by atoms with Crippen molar-refractivity contribution in [1.29, 1.82) is 0 Å². The van der Waals surface area contributed by atoms with E-state index in [9.17, 15) is 8.78 Å². The maximum atomic E-state index is 14.9. The minimum atomic E-state index is -0.586. The summed E-state index contributed by atoms with van der Waals surface area (Å²) in [6.45, 7) is 8.76. The fourth-order valence-electron chi connectivity index (χ4n) is 5.06. The second-order valence-corrected chi connectivity index (χ2v) is 9.84. The molecule has 7 nitrogen and oxygen atoms in total. The van der Waals surface area contributed by atoms with Gasteiger partial charge in [0.1, 0.15) is 17.2 Å². The van der Waals surface area contributed by atoms with Gasteiger partial charge in [0, 0.05) is 40.0 Å². The minimum absolute atomic E-state index is 0.0340. The number of imidazole rings is 1. The van der Waals surface area contributed by atoms with E-state index in [1.165, 1.54) is 12.4 Å². The number of aromatic nitrogens is 6. The van der Waals surface area contributed by atoms with Gasteiger partial charge in [0.2, 0.25) is 0 Å². The Hall–Kier alpha value is -3.20. The summed E-state index contributed by atoms with van der Waals surface area (Å²) in [4.78, 5) is 4.50. The van der Waals surface area contributed by atoms with E-state index in [1.54, 1.807) is 12.4 Å². The maximum Gasteiger partial charge on any atom is 0.182 e. The number of nitrogens with zero attached hydrogens (tertiary/aromatic N) is 5. The van der Waals surface area contributed by atoms with Gasteiger partial charge in [-0.1, -0.05) is 0 Å². The van der Waals surface area contributed by atoms with Gasteiger partial charge < -0.3 is 9.88 Å². The molecule has 4 aromatic rings. The lowest BCUT2D eigenvalue weighted by atomic mass is 9.79. The van der Waals surface area contributed by atoms with Crippen LogP contribution in [0, 0.1) is 11.6 Å². The van der Waals surface area contributed by atoms with Crippen LogP contribution in [0.25, 0.3) is 33.5 Å². The Kier molecular flexibility index (Phi) is 4.63. The number of piperidine rings is 1. The van der Waals surface area contributed by atoms with Crippen LogP contribution in [0.15, 0.2) is 36.9 Å². The largest absolute Gasteiger partial charge is 0.311 e. The number of nitrogens with one attached hydrogen (secondary N) is 2. The molecule has 1 fully saturated rings. The van der Waals surface area contributed by atoms with E-state index >= 15 is 0 Å². The lowest BCUT2D eigenvalue weighted by molar-refractivity contribution is 0.134. The molecule has 0 spiro atoms. The minimum Gasteiger partial charge on any atom is -0.311 e. The number of fused-ring (bicyclic) bond motifs is 1. The number of H-pyrrole nitrogens is 1. The summed E-state index contributed by atoms with van der Waals surface area (Å²) < 4.78 is 31.6. The second-order valence-electron chi connectivity index (χ2n) is 9.84. The Morgan fingerprint density at radius 2 is 1.66 bits per heavy atom. The van der Waals surface area contributed by atoms with E-state index in [1.807, 2.05) is 0 Å². The zero-order valence-electron chi connectivity index (χ0n) is 18.4. The van der Waals surface area contributed by atoms with Gasteiger partial charge >= 0.3 is 0 Å². The van der Waals surface area contributed by atoms with Crippen molar-refractivity contribution >= 4 is 11.2 Å². The molecule has 166 valence electrons. The van der Waals surface area contributed by atoms with Crippen LogP contribution < -0.4 is 5.32 Å². The van der Waals surface area contributed by atoms with E-state index in [0.29, 0.717) is 16.7 Å². The van der Waals surface area contributed by atoms with Crippen LogP contribution in [-0.4, -0.2) is 41.0 Å². The number of halogens is 2. The van der Waals surface area contributed by atoms with Crippen molar-refractivity contribution in [2.75, 3.05) is 0 Å². The molecule has 0 saturated carbocycles. The molecule has 4 heterocycles. The van der Waals surface area contributed by atoms with E-state index in [0.717, 1.165) is 25.0 Å². The molecule has 0 aliphatic carbocycles. The van der Waals surface area contributed by atoms with Gasteiger partial charge in [-0.15, -0.1) is 10.2 Å². The zero-order chi connectivity index (χ0) is 22.7. The summed E-state index contributed by atoms with van der Waals surface area (Å²) in [6.07, 6.45) is 6.56. The number of aromatic amines is 1. The lowest BCUT2D eigenvalue weighted by Crippen LogP contribution is -2.57. The van der Waals surface area contributed by atoms with Crippen LogP contribution in [0.1, 0.15) is 46.6 Å². The second kappa shape index (κ2) is 7.16. The molecule has 5 rings (SSSR count). The first-order valence-corrected chi connectivity index (χ1v) is 10.6. The van der Waals surface area contributed by atoms with Crippen molar-refractivity contribution in [3.8, 4) is 22.4 Å². The summed E-state index contributed by atoms with van der Waals surface area (Å²) in [5.41, 5.74) is 2.06. The van der Waals surface area contributed by atoms with Crippen LogP contribution in [0.4, 0.5) is 8.78 Å². The fraction of sp³-hybridized carbons (Fsp3) is 0.391. The molecule has 0 radical (unpaired) electrons. The quantitative estimate of drug-likeness (QED) is 0.488. The molecule has 1 aliphatic rings. The molecule has 1 saturated heterocycles. The van der Waals surface area contributed by atoms with E-state index in [-0.39, 0.29) is 33.9 Å². The topological polar surface area (TPSA) is 84.3 Å². The van der Waals surface area contributed by atoms with Gasteiger partial charge in [-0.3, -0.25) is 5.10 Å². The van der Waals surface area contributed by atoms with Gasteiger partial charge in [-0.05, 0) is 58.7 Å². The standard InChI is InChI=1S/C23H25F2N7/c1-22(2)8-14(9-23(3,4)31-22)32-12-26-20-7-19(29-30-21(20)32)16-6-17(24)15(5-18(16)25)13-10-27-28-11-13/h5-7,10-12,14,31H,8-9H2,1-4H3,(H,27,28). The molecule has 0 unspecified atom stereocenters. The average molecular weight is 437 g/mol. The first-order valence-electron chi connectivity index (χ1n) is 10.6. The molecule has 2 N–H and O–H groups in total. The summed E-state index contributed by atoms with van der Waals surface area (Å²) >= 11 is 0. The number of hydrogen-bond acceptors (Lipinski definition) is 5. The first kappa shape index (κ1) is 20.7. The summed E-state index contributed by atoms with van der Waals surface area (Å²) in [7, 11) is 0. The third-order valence-corrected chi connectivity index (χ3v) is 6.02. The SMILES string of the molecule is CC1(C)CC(n2cnc3cc(-c4cc(F)c(-c5cn[nH]c5)cc4F)nnc32)CC(C)(C)N1. The van der Waals surface area contributed by atoms with Crippen LogP contribution in [-0.2, 0) is 0 Å². The highest BCUT2D eigenvalue weighted by molar-refractivity contribution is 5.77. The Balaban J connectivity index is 1.52. The highest BCUT2D eigenvalue weighted by atomic mass is 19.1. The first-order chi connectivity index (χ1) is 15.1. The van der Waals surface area contributed by atoms with Gasteiger partial charge in [-0.25, -0.2) is 13.8 Å². The van der Waals surface area contributed by atoms with E-state index in [4.69, 9.17) is 0 Å². The maximum absolute atomic E-state index is 14.9. The molecular weight excluding hydrogens is 412 g/mol. The predicted molar refractivity (Wildman–Crippen MR) is 118 cm³/mol. The zero-order valence-corrected chi connectivity index (χ0v) is 18.4. The molecule has 0 bridgehead atoms. The van der Waals surface area contributed by atoms with E-state index in [2.05, 4.69) is 63.0 Å². The normalized spacial score (nSPS) is 18.3. The van der Waals surface area contributed by atoms with Gasteiger partial charge in [0.15, 0.2) is 5.65 Å². The Labute approximate surface area is 184 Å². The molecule has 3 aromatic heterocycles. The molecule has 1 aliphatic heterocycles. The molecule has 0 atom stereocenters. The third-order valence-electron chi connectivity index (χ3n) is 6.02. The smallest absolute Gasteiger partial charge is 0.182 e. The highest BCUT2D eigenvalue weighted by Crippen LogP contribution is 2.37. The Bertz CT molecular complexity index is 1280. The Morgan fingerprint density at radius 1 is 0.969 bits per heavy atom. The van der Waals surface area contributed by atoms with E-state index < -0.39 is 11.6 Å². The predicted octanol–water partition coefficient (Wildman–Crippen LogP) is 4.64. The van der Waals surface area contributed by atoms with Crippen LogP contribution >= 0.6 is 0 Å². The fourth-order valence-corrected chi connectivity index (χ4v) is 5.06. The van der Waals surface area contributed by atoms with Crippen molar-refractivity contribution in [3.05, 3.63) is 48.6 Å². The van der Waals surface area contributed by atoms with Crippen LogP contribution in [0.3, 0.4) is 0 Å². The van der Waals surface area contributed by atoms with Crippen molar-refractivity contribution in [2.24, 2.45) is 0 Å². The number of benzene rings is 1. The molecule has 0 amide bonds. The number of hydrogen-bond donors (Lipinski definition) is 2. The molecule has 32 heavy (non-hydrogen) atoms. The average Bonchev–Trinajstić information content (AvgIpc) is 3.36. The van der Waals surface area contributed by atoms with Gasteiger partial charge in [-0.2, -0.15) is 5.10 Å². The van der Waals surface area contributed by atoms with Crippen LogP contribution in [0.5, 0.6) is 0 Å². The summed E-state index contributed by atoms with van der Waals surface area (Å²) in [6, 6.07) is 4.16. The Morgan fingerprint density at radius 3 is 2.34 bits per heavy atom. The number of rotatable bonds is 3. The summed E-state index contributed by atoms with van der Waals surface area (Å²) in [5, 5.41) is 18.6. The molecule has 9 heteroatoms.